The molecule has 1 N–H and O–H groups in total. The molecule has 0 heterocycles. The number of hydrogen-bond acceptors (Lipinski definition) is 5. The molecule has 0 unspecified atom stereocenters. The van der Waals surface area contributed by atoms with Crippen molar-refractivity contribution in [1.29, 1.82) is 0 Å². The van der Waals surface area contributed by atoms with Crippen LogP contribution in [-0.4, -0.2) is 31.6 Å². The van der Waals surface area contributed by atoms with E-state index in [2.05, 4.69) is 5.32 Å². The fourth-order valence-electron chi connectivity index (χ4n) is 2.13. The zero-order chi connectivity index (χ0) is 17.5. The Hall–Kier alpha value is -1.79. The number of anilines is 1. The van der Waals surface area contributed by atoms with Gasteiger partial charge in [-0.2, -0.15) is 0 Å². The Morgan fingerprint density at radius 3 is 2.46 bits per heavy atom. The van der Waals surface area contributed by atoms with Gasteiger partial charge in [-0.05, 0) is 43.5 Å². The number of carbonyl (C=O) groups is 1. The molecule has 6 heteroatoms. The van der Waals surface area contributed by atoms with Gasteiger partial charge in [0.2, 0.25) is 5.91 Å². The van der Waals surface area contributed by atoms with Crippen molar-refractivity contribution >= 4 is 35.1 Å². The van der Waals surface area contributed by atoms with Crippen molar-refractivity contribution in [2.45, 2.75) is 22.0 Å². The van der Waals surface area contributed by atoms with E-state index in [1.54, 1.807) is 26.0 Å². The number of ether oxygens (including phenoxy) is 2. The van der Waals surface area contributed by atoms with Gasteiger partial charge in [-0.15, -0.1) is 23.5 Å². The van der Waals surface area contributed by atoms with Crippen LogP contribution in [0.5, 0.6) is 11.5 Å². The molecule has 0 spiro atoms. The molecule has 4 nitrogen and oxygen atoms in total. The number of amides is 1. The predicted octanol–water partition coefficient (Wildman–Crippen LogP) is 4.55. The molecular weight excluding hydrogens is 342 g/mol. The second kappa shape index (κ2) is 8.89. The van der Waals surface area contributed by atoms with E-state index >= 15 is 0 Å². The average molecular weight is 364 g/mol. The first-order valence-corrected chi connectivity index (χ1v) is 9.52. The molecule has 2 aromatic carbocycles. The number of benzene rings is 2. The zero-order valence-electron chi connectivity index (χ0n) is 14.2. The highest BCUT2D eigenvalue weighted by Crippen LogP contribution is 2.34. The van der Waals surface area contributed by atoms with E-state index in [0.29, 0.717) is 11.5 Å². The minimum atomic E-state index is -0.238. The monoisotopic (exact) mass is 363 g/mol. The molecule has 0 aliphatic rings. The van der Waals surface area contributed by atoms with E-state index in [4.69, 9.17) is 9.47 Å². The van der Waals surface area contributed by atoms with Crippen LogP contribution in [0.4, 0.5) is 5.69 Å². The fraction of sp³-hybridized carbons (Fsp3) is 0.278. The first-order chi connectivity index (χ1) is 11.6. The van der Waals surface area contributed by atoms with Crippen LogP contribution in [0, 0.1) is 0 Å². The fourth-order valence-corrected chi connectivity index (χ4v) is 3.58. The summed E-state index contributed by atoms with van der Waals surface area (Å²) >= 11 is 3.09. The highest BCUT2D eigenvalue weighted by atomic mass is 32.2. The normalized spacial score (nSPS) is 11.7. The number of nitrogens with one attached hydrogen (secondary N) is 1. The maximum atomic E-state index is 12.5. The molecule has 0 radical (unpaired) electrons. The number of carbonyl (C=O) groups excluding carboxylic acids is 1. The van der Waals surface area contributed by atoms with Gasteiger partial charge in [0.1, 0.15) is 0 Å². The van der Waals surface area contributed by atoms with Crippen LogP contribution < -0.4 is 14.8 Å². The number of rotatable bonds is 7. The zero-order valence-corrected chi connectivity index (χ0v) is 15.8. The van der Waals surface area contributed by atoms with E-state index in [0.717, 1.165) is 15.5 Å². The largest absolute Gasteiger partial charge is 0.493 e. The van der Waals surface area contributed by atoms with E-state index < -0.39 is 0 Å². The van der Waals surface area contributed by atoms with Gasteiger partial charge in [0.25, 0.3) is 0 Å². The lowest BCUT2D eigenvalue weighted by Gasteiger charge is -2.15. The molecule has 0 aliphatic heterocycles. The first kappa shape index (κ1) is 18.5. The summed E-state index contributed by atoms with van der Waals surface area (Å²) in [4.78, 5) is 14.5. The molecule has 128 valence electrons. The van der Waals surface area contributed by atoms with Crippen LogP contribution >= 0.6 is 23.5 Å². The van der Waals surface area contributed by atoms with Gasteiger partial charge < -0.3 is 14.8 Å². The maximum Gasteiger partial charge on any atom is 0.237 e. The molecule has 0 bridgehead atoms. The van der Waals surface area contributed by atoms with Gasteiger partial charge in [-0.3, -0.25) is 4.79 Å². The molecule has 1 atom stereocenters. The summed E-state index contributed by atoms with van der Waals surface area (Å²) in [6.07, 6.45) is 1.99. The summed E-state index contributed by atoms with van der Waals surface area (Å²) in [6, 6.07) is 13.4. The van der Waals surface area contributed by atoms with Crippen molar-refractivity contribution < 1.29 is 14.3 Å². The van der Waals surface area contributed by atoms with Gasteiger partial charge in [-0.1, -0.05) is 12.1 Å². The topological polar surface area (TPSA) is 47.6 Å². The van der Waals surface area contributed by atoms with Crippen molar-refractivity contribution in [2.24, 2.45) is 0 Å². The molecule has 0 fully saturated rings. The highest BCUT2D eigenvalue weighted by molar-refractivity contribution is 8.00. The second-order valence-electron chi connectivity index (χ2n) is 4.97. The molecule has 0 saturated heterocycles. The highest BCUT2D eigenvalue weighted by Gasteiger charge is 2.17. The predicted molar refractivity (Wildman–Crippen MR) is 102 cm³/mol. The SMILES string of the molecule is COc1ccc(S[C@H](C)C(=O)Nc2ccccc2SC)cc1OC. The maximum absolute atomic E-state index is 12.5. The van der Waals surface area contributed by atoms with Gasteiger partial charge in [0, 0.05) is 9.79 Å². The number of para-hydroxylation sites is 1. The molecule has 1 amide bonds. The van der Waals surface area contributed by atoms with Gasteiger partial charge in [0.15, 0.2) is 11.5 Å². The van der Waals surface area contributed by atoms with Crippen molar-refractivity contribution in [3.05, 3.63) is 42.5 Å². The van der Waals surface area contributed by atoms with E-state index in [-0.39, 0.29) is 11.2 Å². The second-order valence-corrected chi connectivity index (χ2v) is 7.23. The molecular formula is C18H21NO3S2. The average Bonchev–Trinajstić information content (AvgIpc) is 2.61. The van der Waals surface area contributed by atoms with Crippen LogP contribution in [0.2, 0.25) is 0 Å². The lowest BCUT2D eigenvalue weighted by atomic mass is 10.3. The summed E-state index contributed by atoms with van der Waals surface area (Å²) in [5, 5.41) is 2.76. The minimum Gasteiger partial charge on any atom is -0.493 e. The van der Waals surface area contributed by atoms with Crippen molar-refractivity contribution in [1.82, 2.24) is 0 Å². The Labute approximate surface area is 151 Å². The lowest BCUT2D eigenvalue weighted by Crippen LogP contribution is -2.22. The molecule has 2 rings (SSSR count). The summed E-state index contributed by atoms with van der Waals surface area (Å²) in [5.74, 6) is 1.30. The Bertz CT molecular complexity index is 706. The number of methoxy groups -OCH3 is 2. The molecule has 24 heavy (non-hydrogen) atoms. The summed E-state index contributed by atoms with van der Waals surface area (Å²) in [7, 11) is 3.20. The summed E-state index contributed by atoms with van der Waals surface area (Å²) in [6.45, 7) is 1.89. The van der Waals surface area contributed by atoms with E-state index in [1.165, 1.54) is 11.8 Å². The third kappa shape index (κ3) is 4.61. The Morgan fingerprint density at radius 1 is 1.08 bits per heavy atom. The molecule has 0 aromatic heterocycles. The number of thioether (sulfide) groups is 2. The first-order valence-electron chi connectivity index (χ1n) is 7.41. The van der Waals surface area contributed by atoms with Crippen LogP contribution in [0.25, 0.3) is 0 Å². The quantitative estimate of drug-likeness (QED) is 0.732. The molecule has 2 aromatic rings. The smallest absolute Gasteiger partial charge is 0.237 e. The number of hydrogen-bond donors (Lipinski definition) is 1. The van der Waals surface area contributed by atoms with Gasteiger partial charge in [0.05, 0.1) is 25.2 Å². The van der Waals surface area contributed by atoms with E-state index in [9.17, 15) is 4.79 Å². The summed E-state index contributed by atoms with van der Waals surface area (Å²) in [5.41, 5.74) is 0.842. The summed E-state index contributed by atoms with van der Waals surface area (Å²) < 4.78 is 10.5. The van der Waals surface area contributed by atoms with Gasteiger partial charge in [-0.25, -0.2) is 0 Å². The van der Waals surface area contributed by atoms with Gasteiger partial charge >= 0.3 is 0 Å². The Balaban J connectivity index is 2.06. The van der Waals surface area contributed by atoms with Crippen molar-refractivity contribution in [3.8, 4) is 11.5 Å². The Kier molecular flexibility index (Phi) is 6.87. The lowest BCUT2D eigenvalue weighted by molar-refractivity contribution is -0.115. The third-order valence-corrected chi connectivity index (χ3v) is 5.29. The van der Waals surface area contributed by atoms with E-state index in [1.807, 2.05) is 55.6 Å². The minimum absolute atomic E-state index is 0.0312. The third-order valence-electron chi connectivity index (χ3n) is 3.40. The van der Waals surface area contributed by atoms with Crippen molar-refractivity contribution in [2.75, 3.05) is 25.8 Å². The van der Waals surface area contributed by atoms with Crippen LogP contribution in [-0.2, 0) is 4.79 Å². The van der Waals surface area contributed by atoms with Crippen LogP contribution in [0.3, 0.4) is 0 Å². The standard InChI is InChI=1S/C18H21NO3S2/c1-12(18(20)19-14-7-5-6-8-17(14)23-4)24-13-9-10-15(21-2)16(11-13)22-3/h5-12H,1-4H3,(H,19,20)/t12-/m1/s1. The molecule has 0 saturated carbocycles. The Morgan fingerprint density at radius 2 is 1.79 bits per heavy atom. The van der Waals surface area contributed by atoms with Crippen LogP contribution in [0.15, 0.2) is 52.3 Å². The molecule has 0 aliphatic carbocycles. The van der Waals surface area contributed by atoms with Crippen molar-refractivity contribution in [3.63, 3.8) is 0 Å². The van der Waals surface area contributed by atoms with Crippen LogP contribution in [0.1, 0.15) is 6.92 Å².